The smallest absolute Gasteiger partial charge is 0.254 e. The standard InChI is InChI=1S/C21H30N6O/c1-20(2,3)13-26-11-6-9-21(14-26)10-12-27(15-21)19(28)17-8-5-4-7-16(17)18-22-24-25-23-18/h4-5,7-8H,6,9-15H2,1-3H3,(H,22,23,24,25). The van der Waals surface area contributed by atoms with Crippen LogP contribution in [0.3, 0.4) is 0 Å². The minimum absolute atomic E-state index is 0.0743. The molecule has 2 fully saturated rings. The summed E-state index contributed by atoms with van der Waals surface area (Å²) in [5.41, 5.74) is 1.93. The van der Waals surface area contributed by atoms with Crippen molar-refractivity contribution < 1.29 is 4.79 Å². The predicted molar refractivity (Wildman–Crippen MR) is 108 cm³/mol. The van der Waals surface area contributed by atoms with Crippen LogP contribution in [0.1, 0.15) is 50.4 Å². The number of amides is 1. The molecule has 2 aliphatic rings. The average molecular weight is 383 g/mol. The summed E-state index contributed by atoms with van der Waals surface area (Å²) in [6.45, 7) is 11.9. The van der Waals surface area contributed by atoms with E-state index in [1.54, 1.807) is 0 Å². The number of nitrogens with zero attached hydrogens (tertiary/aromatic N) is 5. The molecule has 28 heavy (non-hydrogen) atoms. The fourth-order valence-electron chi connectivity index (χ4n) is 4.87. The largest absolute Gasteiger partial charge is 0.338 e. The predicted octanol–water partition coefficient (Wildman–Crippen LogP) is 2.84. The van der Waals surface area contributed by atoms with Gasteiger partial charge in [-0.05, 0) is 42.5 Å². The third kappa shape index (κ3) is 3.94. The van der Waals surface area contributed by atoms with Crippen LogP contribution in [0.2, 0.25) is 0 Å². The minimum Gasteiger partial charge on any atom is -0.338 e. The Morgan fingerprint density at radius 2 is 2.00 bits per heavy atom. The third-order valence-electron chi connectivity index (χ3n) is 5.91. The van der Waals surface area contributed by atoms with E-state index in [2.05, 4.69) is 46.3 Å². The molecule has 7 heteroatoms. The zero-order valence-electron chi connectivity index (χ0n) is 17.1. The lowest BCUT2D eigenvalue weighted by Gasteiger charge is -2.42. The van der Waals surface area contributed by atoms with Crippen molar-refractivity contribution in [3.05, 3.63) is 29.8 Å². The second kappa shape index (κ2) is 7.28. The van der Waals surface area contributed by atoms with Crippen LogP contribution in [0.4, 0.5) is 0 Å². The fraction of sp³-hybridized carbons (Fsp3) is 0.619. The number of likely N-dealkylation sites (tertiary alicyclic amines) is 2. The first-order valence-electron chi connectivity index (χ1n) is 10.2. The van der Waals surface area contributed by atoms with Gasteiger partial charge in [-0.2, -0.15) is 5.21 Å². The van der Waals surface area contributed by atoms with Crippen molar-refractivity contribution in [3.63, 3.8) is 0 Å². The van der Waals surface area contributed by atoms with Crippen molar-refractivity contribution in [3.8, 4) is 11.4 Å². The monoisotopic (exact) mass is 382 g/mol. The maximum absolute atomic E-state index is 13.3. The van der Waals surface area contributed by atoms with Gasteiger partial charge < -0.3 is 9.80 Å². The number of benzene rings is 1. The molecule has 1 amide bonds. The Balaban J connectivity index is 1.50. The number of carbonyl (C=O) groups excluding carboxylic acids is 1. The van der Waals surface area contributed by atoms with Crippen molar-refractivity contribution in [2.45, 2.75) is 40.0 Å². The molecule has 2 aliphatic heterocycles. The van der Waals surface area contributed by atoms with Crippen molar-refractivity contribution in [1.29, 1.82) is 0 Å². The van der Waals surface area contributed by atoms with Gasteiger partial charge in [0.1, 0.15) is 0 Å². The van der Waals surface area contributed by atoms with E-state index < -0.39 is 0 Å². The van der Waals surface area contributed by atoms with Crippen LogP contribution in [-0.2, 0) is 0 Å². The Morgan fingerprint density at radius 3 is 2.75 bits per heavy atom. The molecular formula is C21H30N6O. The van der Waals surface area contributed by atoms with Gasteiger partial charge in [-0.1, -0.05) is 39.0 Å². The number of hydrogen-bond donors (Lipinski definition) is 1. The molecule has 0 bridgehead atoms. The van der Waals surface area contributed by atoms with Gasteiger partial charge in [0, 0.05) is 37.2 Å². The summed E-state index contributed by atoms with van der Waals surface area (Å²) in [4.78, 5) is 18.0. The molecule has 1 spiro atoms. The first-order valence-corrected chi connectivity index (χ1v) is 10.2. The molecule has 0 radical (unpaired) electrons. The number of rotatable bonds is 3. The van der Waals surface area contributed by atoms with Gasteiger partial charge in [0.15, 0.2) is 0 Å². The SMILES string of the molecule is CC(C)(C)CN1CCCC2(CCN(C(=O)c3ccccc3-c3nn[nH]n3)C2)C1. The number of nitrogens with one attached hydrogen (secondary N) is 1. The molecule has 7 nitrogen and oxygen atoms in total. The molecule has 2 saturated heterocycles. The molecule has 3 heterocycles. The minimum atomic E-state index is 0.0743. The first-order chi connectivity index (χ1) is 13.4. The Bertz CT molecular complexity index is 828. The number of hydrogen-bond acceptors (Lipinski definition) is 5. The van der Waals surface area contributed by atoms with Crippen molar-refractivity contribution in [1.82, 2.24) is 30.4 Å². The lowest BCUT2D eigenvalue weighted by molar-refractivity contribution is 0.0595. The van der Waals surface area contributed by atoms with Crippen LogP contribution in [0.15, 0.2) is 24.3 Å². The van der Waals surface area contributed by atoms with Crippen LogP contribution < -0.4 is 0 Å². The van der Waals surface area contributed by atoms with Crippen molar-refractivity contribution in [2.75, 3.05) is 32.7 Å². The Hall–Kier alpha value is -2.28. The normalized spacial score (nSPS) is 23.5. The van der Waals surface area contributed by atoms with Gasteiger partial charge in [-0.15, -0.1) is 10.2 Å². The van der Waals surface area contributed by atoms with Crippen molar-refractivity contribution >= 4 is 5.91 Å². The van der Waals surface area contributed by atoms with Gasteiger partial charge in [0.25, 0.3) is 5.91 Å². The Kier molecular flexibility index (Phi) is 4.95. The fourth-order valence-corrected chi connectivity index (χ4v) is 4.87. The van der Waals surface area contributed by atoms with E-state index in [-0.39, 0.29) is 11.3 Å². The second-order valence-corrected chi connectivity index (χ2v) is 9.63. The van der Waals surface area contributed by atoms with E-state index in [0.717, 1.165) is 38.2 Å². The van der Waals surface area contributed by atoms with E-state index in [9.17, 15) is 4.79 Å². The van der Waals surface area contributed by atoms with Gasteiger partial charge in [-0.3, -0.25) is 4.79 Å². The maximum Gasteiger partial charge on any atom is 0.254 e. The molecule has 1 N–H and O–H groups in total. The van der Waals surface area contributed by atoms with Crippen LogP contribution in [0.25, 0.3) is 11.4 Å². The second-order valence-electron chi connectivity index (χ2n) is 9.63. The van der Waals surface area contributed by atoms with Gasteiger partial charge in [0.05, 0.1) is 5.56 Å². The van der Waals surface area contributed by atoms with E-state index in [4.69, 9.17) is 0 Å². The molecule has 0 saturated carbocycles. The molecule has 1 aromatic heterocycles. The van der Waals surface area contributed by atoms with Gasteiger partial charge in [-0.25, -0.2) is 0 Å². The van der Waals surface area contributed by atoms with E-state index in [1.807, 2.05) is 29.2 Å². The number of piperidine rings is 1. The molecule has 1 atom stereocenters. The number of aromatic nitrogens is 4. The number of aromatic amines is 1. The molecule has 2 aromatic rings. The summed E-state index contributed by atoms with van der Waals surface area (Å²) in [5.74, 6) is 0.539. The van der Waals surface area contributed by atoms with Gasteiger partial charge in [0.2, 0.25) is 5.82 Å². The lowest BCUT2D eigenvalue weighted by atomic mass is 9.78. The topological polar surface area (TPSA) is 78.0 Å². The highest BCUT2D eigenvalue weighted by atomic mass is 16.2. The van der Waals surface area contributed by atoms with E-state index in [0.29, 0.717) is 16.8 Å². The molecular weight excluding hydrogens is 352 g/mol. The highest BCUT2D eigenvalue weighted by Gasteiger charge is 2.43. The molecule has 150 valence electrons. The quantitative estimate of drug-likeness (QED) is 0.883. The number of tetrazole rings is 1. The van der Waals surface area contributed by atoms with Crippen LogP contribution in [0, 0.1) is 10.8 Å². The van der Waals surface area contributed by atoms with Crippen molar-refractivity contribution in [2.24, 2.45) is 10.8 Å². The Labute approximate surface area is 166 Å². The van der Waals surface area contributed by atoms with Crippen LogP contribution in [0.5, 0.6) is 0 Å². The van der Waals surface area contributed by atoms with Crippen LogP contribution in [-0.4, -0.2) is 69.1 Å². The first kappa shape index (κ1) is 19.1. The maximum atomic E-state index is 13.3. The summed E-state index contributed by atoms with van der Waals surface area (Å²) in [7, 11) is 0. The van der Waals surface area contributed by atoms with E-state index in [1.165, 1.54) is 19.4 Å². The number of carbonyl (C=O) groups is 1. The highest BCUT2D eigenvalue weighted by molar-refractivity contribution is 6.00. The third-order valence-corrected chi connectivity index (χ3v) is 5.91. The average Bonchev–Trinajstić information content (AvgIpc) is 3.30. The lowest BCUT2D eigenvalue weighted by Crippen LogP contribution is -2.47. The zero-order chi connectivity index (χ0) is 19.8. The molecule has 4 rings (SSSR count). The molecule has 0 aliphatic carbocycles. The van der Waals surface area contributed by atoms with Gasteiger partial charge >= 0.3 is 0 Å². The Morgan fingerprint density at radius 1 is 1.18 bits per heavy atom. The highest BCUT2D eigenvalue weighted by Crippen LogP contribution is 2.40. The van der Waals surface area contributed by atoms with E-state index >= 15 is 0 Å². The molecule has 1 aromatic carbocycles. The molecule has 1 unspecified atom stereocenters. The summed E-state index contributed by atoms with van der Waals surface area (Å²) >= 11 is 0. The summed E-state index contributed by atoms with van der Waals surface area (Å²) < 4.78 is 0. The summed E-state index contributed by atoms with van der Waals surface area (Å²) in [6.07, 6.45) is 3.52. The summed E-state index contributed by atoms with van der Waals surface area (Å²) in [5, 5.41) is 14.2. The zero-order valence-corrected chi connectivity index (χ0v) is 17.1. The van der Waals surface area contributed by atoms with Crippen LogP contribution >= 0.6 is 0 Å². The number of H-pyrrole nitrogens is 1. The summed E-state index contributed by atoms with van der Waals surface area (Å²) in [6, 6.07) is 7.55.